The van der Waals surface area contributed by atoms with Crippen LogP contribution in [0.1, 0.15) is 24.3 Å². The normalized spacial score (nSPS) is 10.8. The van der Waals surface area contributed by atoms with E-state index < -0.39 is 0 Å². The van der Waals surface area contributed by atoms with E-state index in [1.54, 1.807) is 11.8 Å². The number of carbonyl (C=O) groups excluding carboxylic acids is 1. The van der Waals surface area contributed by atoms with Gasteiger partial charge in [0.2, 0.25) is 0 Å². The van der Waals surface area contributed by atoms with Gasteiger partial charge in [-0.1, -0.05) is 13.8 Å². The molecule has 0 N–H and O–H groups in total. The molecule has 0 bridgehead atoms. The van der Waals surface area contributed by atoms with Crippen LogP contribution in [-0.2, 0) is 7.05 Å². The highest BCUT2D eigenvalue weighted by atomic mass is 32.2. The molecule has 1 heterocycles. The van der Waals surface area contributed by atoms with Gasteiger partial charge >= 0.3 is 0 Å². The molecule has 0 amide bonds. The standard InChI is InChI=1S/C10H15NOS/c1-8(2)13-7-10(12)9-5-4-6-11(9)3/h4-6,8H,7H2,1-3H3. The van der Waals surface area contributed by atoms with E-state index in [1.807, 2.05) is 29.9 Å². The van der Waals surface area contributed by atoms with Crippen molar-refractivity contribution in [3.63, 3.8) is 0 Å². The van der Waals surface area contributed by atoms with E-state index >= 15 is 0 Å². The predicted molar refractivity (Wildman–Crippen MR) is 57.3 cm³/mol. The van der Waals surface area contributed by atoms with Crippen molar-refractivity contribution in [3.05, 3.63) is 24.0 Å². The topological polar surface area (TPSA) is 22.0 Å². The Hall–Kier alpha value is -0.700. The quantitative estimate of drug-likeness (QED) is 0.691. The number of carbonyl (C=O) groups is 1. The summed E-state index contributed by atoms with van der Waals surface area (Å²) in [6, 6.07) is 3.76. The first-order chi connectivity index (χ1) is 6.11. The van der Waals surface area contributed by atoms with E-state index in [2.05, 4.69) is 13.8 Å². The monoisotopic (exact) mass is 197 g/mol. The van der Waals surface area contributed by atoms with Crippen molar-refractivity contribution in [1.29, 1.82) is 0 Å². The number of ketones is 1. The second-order valence-electron chi connectivity index (χ2n) is 3.29. The van der Waals surface area contributed by atoms with Crippen molar-refractivity contribution in [1.82, 2.24) is 4.57 Å². The van der Waals surface area contributed by atoms with Crippen molar-refractivity contribution < 1.29 is 4.79 Å². The maximum absolute atomic E-state index is 11.6. The summed E-state index contributed by atoms with van der Waals surface area (Å²) in [5.74, 6) is 0.793. The number of hydrogen-bond donors (Lipinski definition) is 0. The van der Waals surface area contributed by atoms with Crippen LogP contribution in [0.25, 0.3) is 0 Å². The molecule has 0 atom stereocenters. The highest BCUT2D eigenvalue weighted by Gasteiger charge is 2.09. The third kappa shape index (κ3) is 2.92. The van der Waals surface area contributed by atoms with Crippen LogP contribution in [0.15, 0.2) is 18.3 Å². The largest absolute Gasteiger partial charge is 0.348 e. The van der Waals surface area contributed by atoms with E-state index in [0.717, 1.165) is 5.69 Å². The molecule has 0 aliphatic heterocycles. The maximum Gasteiger partial charge on any atom is 0.189 e. The summed E-state index contributed by atoms with van der Waals surface area (Å²) in [5, 5.41) is 0.518. The second-order valence-corrected chi connectivity index (χ2v) is 4.85. The van der Waals surface area contributed by atoms with Gasteiger partial charge in [-0.05, 0) is 17.4 Å². The molecule has 0 radical (unpaired) electrons. The fourth-order valence-corrected chi connectivity index (χ4v) is 1.70. The van der Waals surface area contributed by atoms with Gasteiger partial charge in [0, 0.05) is 13.2 Å². The number of aromatic nitrogens is 1. The van der Waals surface area contributed by atoms with E-state index in [4.69, 9.17) is 0 Å². The molecule has 0 aromatic carbocycles. The molecule has 1 aromatic rings. The summed E-state index contributed by atoms with van der Waals surface area (Å²) in [6.07, 6.45) is 1.90. The molecule has 72 valence electrons. The van der Waals surface area contributed by atoms with Crippen LogP contribution in [0.2, 0.25) is 0 Å². The van der Waals surface area contributed by atoms with Crippen LogP contribution in [0.4, 0.5) is 0 Å². The third-order valence-corrected chi connectivity index (χ3v) is 2.87. The minimum Gasteiger partial charge on any atom is -0.348 e. The molecule has 0 aliphatic carbocycles. The van der Waals surface area contributed by atoms with Crippen LogP contribution in [0, 0.1) is 0 Å². The zero-order chi connectivity index (χ0) is 9.84. The van der Waals surface area contributed by atoms with Crippen LogP contribution in [-0.4, -0.2) is 21.4 Å². The van der Waals surface area contributed by atoms with E-state index in [-0.39, 0.29) is 5.78 Å². The van der Waals surface area contributed by atoms with Gasteiger partial charge < -0.3 is 4.57 Å². The first kappa shape index (κ1) is 10.4. The van der Waals surface area contributed by atoms with E-state index in [0.29, 0.717) is 11.0 Å². The zero-order valence-electron chi connectivity index (χ0n) is 8.28. The lowest BCUT2D eigenvalue weighted by Crippen LogP contribution is -2.09. The molecule has 2 nitrogen and oxygen atoms in total. The van der Waals surface area contributed by atoms with Gasteiger partial charge in [-0.3, -0.25) is 4.79 Å². The summed E-state index contributed by atoms with van der Waals surface area (Å²) < 4.78 is 1.86. The maximum atomic E-state index is 11.6. The Labute approximate surface area is 83.3 Å². The van der Waals surface area contributed by atoms with Crippen molar-refractivity contribution in [2.45, 2.75) is 19.1 Å². The van der Waals surface area contributed by atoms with Crippen molar-refractivity contribution in [2.75, 3.05) is 5.75 Å². The van der Waals surface area contributed by atoms with Crippen LogP contribution in [0.5, 0.6) is 0 Å². The zero-order valence-corrected chi connectivity index (χ0v) is 9.10. The lowest BCUT2D eigenvalue weighted by Gasteiger charge is -2.04. The lowest BCUT2D eigenvalue weighted by atomic mass is 10.3. The fourth-order valence-electron chi connectivity index (χ4n) is 1.07. The molecular weight excluding hydrogens is 182 g/mol. The summed E-state index contributed by atoms with van der Waals surface area (Å²) in [5.41, 5.74) is 0.799. The predicted octanol–water partition coefficient (Wildman–Crippen LogP) is 2.35. The molecule has 0 fully saturated rings. The third-order valence-electron chi connectivity index (χ3n) is 1.78. The fraction of sp³-hybridized carbons (Fsp3) is 0.500. The Balaban J connectivity index is 2.54. The van der Waals surface area contributed by atoms with Gasteiger partial charge in [-0.15, -0.1) is 0 Å². The number of rotatable bonds is 4. The van der Waals surface area contributed by atoms with Gasteiger partial charge in [0.15, 0.2) is 5.78 Å². The number of Topliss-reactive ketones (excluding diaryl/α,β-unsaturated/α-hetero) is 1. The molecule has 0 saturated carbocycles. The lowest BCUT2D eigenvalue weighted by molar-refractivity contribution is 0.101. The van der Waals surface area contributed by atoms with Crippen molar-refractivity contribution in [3.8, 4) is 0 Å². The molecule has 0 unspecified atom stereocenters. The summed E-state index contributed by atoms with van der Waals surface area (Å²) in [7, 11) is 1.90. The smallest absolute Gasteiger partial charge is 0.189 e. The number of thioether (sulfide) groups is 1. The Bertz CT molecular complexity index is 291. The van der Waals surface area contributed by atoms with E-state index in [9.17, 15) is 4.79 Å². The molecule has 0 spiro atoms. The first-order valence-electron chi connectivity index (χ1n) is 4.37. The van der Waals surface area contributed by atoms with Gasteiger partial charge in [-0.2, -0.15) is 11.8 Å². The average molecular weight is 197 g/mol. The Morgan fingerprint density at radius 1 is 1.62 bits per heavy atom. The Morgan fingerprint density at radius 2 is 2.31 bits per heavy atom. The van der Waals surface area contributed by atoms with Crippen LogP contribution in [0.3, 0.4) is 0 Å². The SMILES string of the molecule is CC(C)SCC(=O)c1cccn1C. The van der Waals surface area contributed by atoms with Crippen molar-refractivity contribution in [2.24, 2.45) is 7.05 Å². The highest BCUT2D eigenvalue weighted by Crippen LogP contribution is 2.12. The molecule has 1 rings (SSSR count). The minimum atomic E-state index is 0.214. The highest BCUT2D eigenvalue weighted by molar-refractivity contribution is 8.00. The number of aryl methyl sites for hydroxylation is 1. The van der Waals surface area contributed by atoms with Gasteiger partial charge in [0.1, 0.15) is 0 Å². The molecule has 13 heavy (non-hydrogen) atoms. The molecular formula is C10H15NOS. The average Bonchev–Trinajstić information content (AvgIpc) is 2.47. The molecule has 0 aliphatic rings. The van der Waals surface area contributed by atoms with Crippen LogP contribution >= 0.6 is 11.8 Å². The van der Waals surface area contributed by atoms with Gasteiger partial charge in [-0.25, -0.2) is 0 Å². The number of hydrogen-bond acceptors (Lipinski definition) is 2. The summed E-state index contributed by atoms with van der Waals surface area (Å²) >= 11 is 1.68. The summed E-state index contributed by atoms with van der Waals surface area (Å²) in [4.78, 5) is 11.6. The van der Waals surface area contributed by atoms with Crippen molar-refractivity contribution >= 4 is 17.5 Å². The van der Waals surface area contributed by atoms with E-state index in [1.165, 1.54) is 0 Å². The molecule has 1 aromatic heterocycles. The molecule has 3 heteroatoms. The van der Waals surface area contributed by atoms with Gasteiger partial charge in [0.25, 0.3) is 0 Å². The Morgan fingerprint density at radius 3 is 2.77 bits per heavy atom. The number of nitrogens with zero attached hydrogens (tertiary/aromatic N) is 1. The Kier molecular flexibility index (Phi) is 3.60. The minimum absolute atomic E-state index is 0.214. The first-order valence-corrected chi connectivity index (χ1v) is 5.42. The van der Waals surface area contributed by atoms with Crippen LogP contribution < -0.4 is 0 Å². The molecule has 0 saturated heterocycles. The summed E-state index contributed by atoms with van der Waals surface area (Å²) in [6.45, 7) is 4.20. The second kappa shape index (κ2) is 4.51. The van der Waals surface area contributed by atoms with Gasteiger partial charge in [0.05, 0.1) is 11.4 Å².